The van der Waals surface area contributed by atoms with Crippen LogP contribution in [0.2, 0.25) is 0 Å². The summed E-state index contributed by atoms with van der Waals surface area (Å²) in [6.45, 7) is 2.18. The normalized spacial score (nSPS) is 12.0. The fourth-order valence-corrected chi connectivity index (χ4v) is 2.45. The zero-order valence-electron chi connectivity index (χ0n) is 11.0. The van der Waals surface area contributed by atoms with Gasteiger partial charge in [0.2, 0.25) is 0 Å². The van der Waals surface area contributed by atoms with Crippen molar-refractivity contribution in [3.63, 3.8) is 0 Å². The van der Waals surface area contributed by atoms with E-state index in [4.69, 9.17) is 0 Å². The first-order valence-corrected chi connectivity index (χ1v) is 7.34. The Labute approximate surface area is 121 Å². The van der Waals surface area contributed by atoms with Crippen LogP contribution in [0, 0.1) is 0 Å². The molecule has 3 nitrogen and oxygen atoms in total. The van der Waals surface area contributed by atoms with Crippen molar-refractivity contribution in [3.05, 3.63) is 51.0 Å². The molecule has 0 unspecified atom stereocenters. The second kappa shape index (κ2) is 6.66. The van der Waals surface area contributed by atoms with Crippen molar-refractivity contribution in [2.24, 2.45) is 0 Å². The van der Waals surface area contributed by atoms with Gasteiger partial charge in [0, 0.05) is 12.4 Å². The number of halogens is 1. The minimum Gasteiger partial charge on any atom is -0.268 e. The summed E-state index contributed by atoms with van der Waals surface area (Å²) in [6, 6.07) is 5.53. The van der Waals surface area contributed by atoms with Gasteiger partial charge in [0.1, 0.15) is 5.65 Å². The van der Waals surface area contributed by atoms with E-state index < -0.39 is 0 Å². The molecule has 0 radical (unpaired) electrons. The van der Waals surface area contributed by atoms with Crippen LogP contribution in [0.3, 0.4) is 0 Å². The van der Waals surface area contributed by atoms with Crippen LogP contribution in [0.15, 0.2) is 39.9 Å². The lowest BCUT2D eigenvalue weighted by molar-refractivity contribution is 0.727. The van der Waals surface area contributed by atoms with Gasteiger partial charge in [-0.1, -0.05) is 41.8 Å². The van der Waals surface area contributed by atoms with E-state index in [-0.39, 0.29) is 5.56 Å². The Bertz CT molecular complexity index is 646. The summed E-state index contributed by atoms with van der Waals surface area (Å²) >= 11 is 3.53. The van der Waals surface area contributed by atoms with Crippen molar-refractivity contribution >= 4 is 27.7 Å². The number of hydrogen-bond acceptors (Lipinski definition) is 2. The molecule has 0 atom stereocenters. The third-order valence-corrected chi connectivity index (χ3v) is 3.60. The van der Waals surface area contributed by atoms with E-state index in [0.717, 1.165) is 17.3 Å². The van der Waals surface area contributed by atoms with Crippen LogP contribution in [-0.2, 0) is 0 Å². The Balaban J connectivity index is 2.28. The van der Waals surface area contributed by atoms with Gasteiger partial charge in [0.15, 0.2) is 0 Å². The van der Waals surface area contributed by atoms with Gasteiger partial charge in [0.25, 0.3) is 5.56 Å². The van der Waals surface area contributed by atoms with Gasteiger partial charge in [-0.25, -0.2) is 4.98 Å². The minimum atomic E-state index is -0.0296. The van der Waals surface area contributed by atoms with Crippen molar-refractivity contribution in [2.45, 2.75) is 32.6 Å². The van der Waals surface area contributed by atoms with E-state index in [9.17, 15) is 4.79 Å². The number of allylic oxidation sites excluding steroid dienone is 1. The summed E-state index contributed by atoms with van der Waals surface area (Å²) in [6.07, 6.45) is 9.76. The number of hydrogen-bond donors (Lipinski definition) is 0. The molecule has 100 valence electrons. The molecule has 0 amide bonds. The van der Waals surface area contributed by atoms with Gasteiger partial charge in [-0.05, 0) is 35.5 Å². The van der Waals surface area contributed by atoms with Gasteiger partial charge < -0.3 is 0 Å². The van der Waals surface area contributed by atoms with Gasteiger partial charge in [-0.15, -0.1) is 0 Å². The molecule has 0 N–H and O–H groups in total. The predicted molar refractivity (Wildman–Crippen MR) is 82.5 cm³/mol. The molecule has 0 saturated heterocycles. The lowest BCUT2D eigenvalue weighted by Gasteiger charge is -2.02. The minimum absolute atomic E-state index is 0.0296. The molecule has 2 aromatic rings. The molecule has 0 aliphatic carbocycles. The maximum atomic E-state index is 12.3. The number of rotatable bonds is 5. The first-order valence-electron chi connectivity index (χ1n) is 6.55. The van der Waals surface area contributed by atoms with Crippen LogP contribution in [0.4, 0.5) is 0 Å². The third-order valence-electron chi connectivity index (χ3n) is 2.97. The van der Waals surface area contributed by atoms with Crippen molar-refractivity contribution in [1.82, 2.24) is 9.38 Å². The molecule has 2 rings (SSSR count). The Kier molecular flexibility index (Phi) is 4.91. The molecule has 0 saturated carbocycles. The molecular formula is C15H17BrN2O. The van der Waals surface area contributed by atoms with Crippen molar-refractivity contribution in [1.29, 1.82) is 0 Å². The molecule has 0 aliphatic rings. The average Bonchev–Trinajstić information content (AvgIpc) is 2.43. The molecule has 0 bridgehead atoms. The Morgan fingerprint density at radius 1 is 1.42 bits per heavy atom. The SMILES string of the molecule is CCCCCC(Br)=Cc1cnc2ccccn2c1=O. The highest BCUT2D eigenvalue weighted by atomic mass is 79.9. The van der Waals surface area contributed by atoms with E-state index >= 15 is 0 Å². The standard InChI is InChI=1S/C15H17BrN2O/c1-2-3-4-7-13(16)10-12-11-17-14-8-5-6-9-18(14)15(12)19/h5-6,8-11H,2-4,7H2,1H3. The Morgan fingerprint density at radius 2 is 2.26 bits per heavy atom. The Hall–Kier alpha value is -1.42. The monoisotopic (exact) mass is 320 g/mol. The second-order valence-electron chi connectivity index (χ2n) is 4.50. The van der Waals surface area contributed by atoms with Crippen LogP contribution in [0.25, 0.3) is 11.7 Å². The lowest BCUT2D eigenvalue weighted by atomic mass is 10.2. The zero-order chi connectivity index (χ0) is 13.7. The predicted octanol–water partition coefficient (Wildman–Crippen LogP) is 4.01. The van der Waals surface area contributed by atoms with Crippen molar-refractivity contribution in [3.8, 4) is 0 Å². The highest BCUT2D eigenvalue weighted by Crippen LogP contribution is 2.17. The van der Waals surface area contributed by atoms with Crippen LogP contribution in [0.5, 0.6) is 0 Å². The van der Waals surface area contributed by atoms with Gasteiger partial charge in [-0.3, -0.25) is 9.20 Å². The number of pyridine rings is 1. The van der Waals surface area contributed by atoms with E-state index in [1.54, 1.807) is 16.8 Å². The summed E-state index contributed by atoms with van der Waals surface area (Å²) in [4.78, 5) is 16.5. The number of aromatic nitrogens is 2. The molecule has 2 heterocycles. The number of unbranched alkanes of at least 4 members (excludes halogenated alkanes) is 2. The number of fused-ring (bicyclic) bond motifs is 1. The van der Waals surface area contributed by atoms with Gasteiger partial charge >= 0.3 is 0 Å². The molecule has 0 spiro atoms. The van der Waals surface area contributed by atoms with E-state index in [0.29, 0.717) is 11.2 Å². The zero-order valence-corrected chi connectivity index (χ0v) is 12.6. The molecule has 0 aliphatic heterocycles. The topological polar surface area (TPSA) is 34.4 Å². The number of nitrogens with zero attached hydrogens (tertiary/aromatic N) is 2. The van der Waals surface area contributed by atoms with Crippen LogP contribution >= 0.6 is 15.9 Å². The van der Waals surface area contributed by atoms with Crippen molar-refractivity contribution < 1.29 is 0 Å². The molecule has 19 heavy (non-hydrogen) atoms. The fourth-order valence-electron chi connectivity index (χ4n) is 1.92. The highest BCUT2D eigenvalue weighted by molar-refractivity contribution is 9.11. The fraction of sp³-hybridized carbons (Fsp3) is 0.333. The van der Waals surface area contributed by atoms with E-state index in [1.807, 2.05) is 24.3 Å². The first-order chi connectivity index (χ1) is 9.22. The first kappa shape index (κ1) is 14.0. The molecule has 0 fully saturated rings. The largest absolute Gasteiger partial charge is 0.268 e. The van der Waals surface area contributed by atoms with Crippen LogP contribution in [-0.4, -0.2) is 9.38 Å². The maximum absolute atomic E-state index is 12.3. The third kappa shape index (κ3) is 3.53. The van der Waals surface area contributed by atoms with Gasteiger partial charge in [-0.2, -0.15) is 0 Å². The molecule has 0 aromatic carbocycles. The van der Waals surface area contributed by atoms with Crippen molar-refractivity contribution in [2.75, 3.05) is 0 Å². The lowest BCUT2D eigenvalue weighted by Crippen LogP contribution is -2.16. The molecule has 4 heteroatoms. The summed E-state index contributed by atoms with van der Waals surface area (Å²) in [7, 11) is 0. The highest BCUT2D eigenvalue weighted by Gasteiger charge is 2.02. The second-order valence-corrected chi connectivity index (χ2v) is 5.51. The average molecular weight is 321 g/mol. The summed E-state index contributed by atoms with van der Waals surface area (Å²) in [5, 5.41) is 0. The molecule has 2 aromatic heterocycles. The van der Waals surface area contributed by atoms with Crippen LogP contribution in [0.1, 0.15) is 38.2 Å². The smallest absolute Gasteiger partial charge is 0.265 e. The quantitative estimate of drug-likeness (QED) is 0.780. The summed E-state index contributed by atoms with van der Waals surface area (Å²) < 4.78 is 2.62. The van der Waals surface area contributed by atoms with E-state index in [1.165, 1.54) is 12.8 Å². The van der Waals surface area contributed by atoms with Gasteiger partial charge in [0.05, 0.1) is 5.56 Å². The van der Waals surface area contributed by atoms with E-state index in [2.05, 4.69) is 27.8 Å². The summed E-state index contributed by atoms with van der Waals surface area (Å²) in [5.74, 6) is 0. The maximum Gasteiger partial charge on any atom is 0.265 e. The molecular weight excluding hydrogens is 304 g/mol. The summed E-state index contributed by atoms with van der Waals surface area (Å²) in [5.41, 5.74) is 1.26. The van der Waals surface area contributed by atoms with Crippen LogP contribution < -0.4 is 5.56 Å². The Morgan fingerprint density at radius 3 is 3.05 bits per heavy atom.